The number of imide groups is 1. The number of amides is 2. The number of rotatable bonds is 4. The van der Waals surface area contributed by atoms with Gasteiger partial charge in [0.1, 0.15) is 6.54 Å². The Bertz CT molecular complexity index is 703. The van der Waals surface area contributed by atoms with Gasteiger partial charge in [0.05, 0.1) is 12.1 Å². The molecule has 0 saturated carbocycles. The van der Waals surface area contributed by atoms with Crippen LogP contribution in [0.4, 0.5) is 5.69 Å². The molecule has 1 heterocycles. The number of hydrogen-bond acceptors (Lipinski definition) is 2. The van der Waals surface area contributed by atoms with Crippen LogP contribution in [0.1, 0.15) is 12.0 Å². The van der Waals surface area contributed by atoms with Crippen molar-refractivity contribution in [1.82, 2.24) is 0 Å². The fraction of sp³-hybridized carbons (Fsp3) is 0.176. The summed E-state index contributed by atoms with van der Waals surface area (Å²) in [6.45, 7) is 0.618. The molecule has 1 aliphatic rings. The Balaban J connectivity index is 1.69. The number of nitrogens with zero attached hydrogens (tertiary/aromatic N) is 1. The summed E-state index contributed by atoms with van der Waals surface area (Å²) in [6, 6.07) is 16.2. The van der Waals surface area contributed by atoms with E-state index in [1.165, 1.54) is 4.90 Å². The Morgan fingerprint density at radius 1 is 1.09 bits per heavy atom. The minimum absolute atomic E-state index is 0.149. The van der Waals surface area contributed by atoms with Gasteiger partial charge in [-0.2, -0.15) is 0 Å². The lowest BCUT2D eigenvalue weighted by Crippen LogP contribution is -2.90. The molecule has 0 bridgehead atoms. The fourth-order valence-corrected chi connectivity index (χ4v) is 2.84. The van der Waals surface area contributed by atoms with Crippen LogP contribution in [0.5, 0.6) is 0 Å². The number of carbonyl (C=O) groups is 2. The summed E-state index contributed by atoms with van der Waals surface area (Å²) in [4.78, 5) is 25.9. The molecule has 0 aliphatic carbocycles. The highest BCUT2D eigenvalue weighted by atomic mass is 35.5. The van der Waals surface area contributed by atoms with Gasteiger partial charge in [0.25, 0.3) is 5.91 Å². The van der Waals surface area contributed by atoms with Crippen LogP contribution >= 0.6 is 11.6 Å². The fourth-order valence-electron chi connectivity index (χ4n) is 2.63. The predicted octanol–water partition coefficient (Wildman–Crippen LogP) is 1.74. The lowest BCUT2D eigenvalue weighted by Gasteiger charge is -2.13. The van der Waals surface area contributed by atoms with Crippen molar-refractivity contribution >= 4 is 29.1 Å². The summed E-state index contributed by atoms with van der Waals surface area (Å²) in [5.41, 5.74) is 1.67. The summed E-state index contributed by atoms with van der Waals surface area (Å²) in [6.07, 6.45) is 0.230. The van der Waals surface area contributed by atoms with E-state index in [2.05, 4.69) is 0 Å². The number of para-hydroxylation sites is 1. The Hall–Kier alpha value is -2.17. The van der Waals surface area contributed by atoms with Crippen LogP contribution in [-0.2, 0) is 16.1 Å². The van der Waals surface area contributed by atoms with Gasteiger partial charge in [-0.05, 0) is 24.3 Å². The van der Waals surface area contributed by atoms with Crippen molar-refractivity contribution in [3.8, 4) is 0 Å². The summed E-state index contributed by atoms with van der Waals surface area (Å²) < 4.78 is 0. The molecule has 112 valence electrons. The first kappa shape index (κ1) is 14.8. The predicted molar refractivity (Wildman–Crippen MR) is 84.4 cm³/mol. The lowest BCUT2D eigenvalue weighted by molar-refractivity contribution is -0.690. The minimum atomic E-state index is -0.369. The Morgan fingerprint density at radius 3 is 2.59 bits per heavy atom. The molecule has 22 heavy (non-hydrogen) atoms. The molecule has 2 aromatic rings. The second kappa shape index (κ2) is 6.30. The number of nitrogens with two attached hydrogens (primary N) is 1. The number of benzene rings is 2. The highest BCUT2D eigenvalue weighted by molar-refractivity contribution is 6.30. The highest BCUT2D eigenvalue weighted by Gasteiger charge is 2.41. The van der Waals surface area contributed by atoms with E-state index in [0.717, 1.165) is 5.56 Å². The maximum atomic E-state index is 12.5. The van der Waals surface area contributed by atoms with Gasteiger partial charge in [-0.1, -0.05) is 41.9 Å². The van der Waals surface area contributed by atoms with Crippen LogP contribution in [-0.4, -0.2) is 17.9 Å². The first-order chi connectivity index (χ1) is 10.6. The van der Waals surface area contributed by atoms with Crippen LogP contribution in [0.25, 0.3) is 0 Å². The molecule has 5 heteroatoms. The quantitative estimate of drug-likeness (QED) is 0.874. The third-order valence-electron chi connectivity index (χ3n) is 3.72. The molecular weight excluding hydrogens is 300 g/mol. The average Bonchev–Trinajstić information content (AvgIpc) is 2.80. The third kappa shape index (κ3) is 3.03. The molecule has 0 spiro atoms. The first-order valence-electron chi connectivity index (χ1n) is 7.15. The number of carbonyl (C=O) groups excluding carboxylic acids is 2. The van der Waals surface area contributed by atoms with E-state index >= 15 is 0 Å². The van der Waals surface area contributed by atoms with Gasteiger partial charge in [-0.3, -0.25) is 9.59 Å². The van der Waals surface area contributed by atoms with E-state index in [1.807, 2.05) is 47.8 Å². The van der Waals surface area contributed by atoms with Gasteiger partial charge in [0, 0.05) is 10.6 Å². The molecule has 0 aromatic heterocycles. The second-order valence-electron chi connectivity index (χ2n) is 5.28. The van der Waals surface area contributed by atoms with Crippen molar-refractivity contribution in [1.29, 1.82) is 0 Å². The van der Waals surface area contributed by atoms with Crippen molar-refractivity contribution in [2.24, 2.45) is 0 Å². The van der Waals surface area contributed by atoms with Crippen molar-refractivity contribution in [3.05, 3.63) is 65.2 Å². The van der Waals surface area contributed by atoms with Crippen LogP contribution < -0.4 is 10.2 Å². The summed E-state index contributed by atoms with van der Waals surface area (Å²) >= 11 is 5.95. The SMILES string of the molecule is O=C1C[C@@H]([NH2+]Cc2cccc(Cl)c2)C(=O)N1c1ccccc1. The number of quaternary nitrogens is 1. The van der Waals surface area contributed by atoms with Crippen molar-refractivity contribution in [2.75, 3.05) is 4.90 Å². The maximum Gasteiger partial charge on any atom is 0.292 e. The van der Waals surface area contributed by atoms with Crippen molar-refractivity contribution in [2.45, 2.75) is 19.0 Å². The van der Waals surface area contributed by atoms with Gasteiger partial charge >= 0.3 is 0 Å². The molecule has 1 saturated heterocycles. The Kier molecular flexibility index (Phi) is 4.22. The van der Waals surface area contributed by atoms with E-state index in [1.54, 1.807) is 12.1 Å². The Morgan fingerprint density at radius 2 is 1.86 bits per heavy atom. The van der Waals surface area contributed by atoms with E-state index in [4.69, 9.17) is 11.6 Å². The van der Waals surface area contributed by atoms with E-state index in [0.29, 0.717) is 17.3 Å². The van der Waals surface area contributed by atoms with E-state index < -0.39 is 0 Å². The molecule has 3 rings (SSSR count). The third-order valence-corrected chi connectivity index (χ3v) is 3.96. The van der Waals surface area contributed by atoms with Gasteiger partial charge < -0.3 is 5.32 Å². The monoisotopic (exact) mass is 315 g/mol. The molecule has 0 radical (unpaired) electrons. The maximum absolute atomic E-state index is 12.5. The normalized spacial score (nSPS) is 18.0. The molecule has 1 aliphatic heterocycles. The molecule has 1 fully saturated rings. The topological polar surface area (TPSA) is 54.0 Å². The average molecular weight is 316 g/mol. The Labute approximate surface area is 133 Å². The van der Waals surface area contributed by atoms with Crippen LogP contribution in [0, 0.1) is 0 Å². The minimum Gasteiger partial charge on any atom is -0.332 e. The number of halogens is 1. The van der Waals surface area contributed by atoms with Gasteiger partial charge in [0.2, 0.25) is 5.91 Å². The van der Waals surface area contributed by atoms with Crippen molar-refractivity contribution < 1.29 is 14.9 Å². The van der Waals surface area contributed by atoms with Crippen LogP contribution in [0.2, 0.25) is 5.02 Å². The molecular formula is C17H16ClN2O2+. The smallest absolute Gasteiger partial charge is 0.292 e. The summed E-state index contributed by atoms with van der Waals surface area (Å²) in [7, 11) is 0. The lowest BCUT2D eigenvalue weighted by atomic mass is 10.2. The molecule has 2 amide bonds. The zero-order chi connectivity index (χ0) is 15.5. The largest absolute Gasteiger partial charge is 0.332 e. The molecule has 0 unspecified atom stereocenters. The van der Waals surface area contributed by atoms with Gasteiger partial charge in [-0.15, -0.1) is 0 Å². The number of anilines is 1. The number of hydrogen-bond donors (Lipinski definition) is 1. The van der Waals surface area contributed by atoms with Crippen molar-refractivity contribution in [3.63, 3.8) is 0 Å². The second-order valence-corrected chi connectivity index (χ2v) is 5.72. The van der Waals surface area contributed by atoms with Gasteiger partial charge in [-0.25, -0.2) is 4.90 Å². The van der Waals surface area contributed by atoms with E-state index in [9.17, 15) is 9.59 Å². The zero-order valence-corrected chi connectivity index (χ0v) is 12.7. The molecule has 4 nitrogen and oxygen atoms in total. The van der Waals surface area contributed by atoms with Crippen LogP contribution in [0.15, 0.2) is 54.6 Å². The van der Waals surface area contributed by atoms with Gasteiger partial charge in [0.15, 0.2) is 6.04 Å². The van der Waals surface area contributed by atoms with Crippen LogP contribution in [0.3, 0.4) is 0 Å². The highest BCUT2D eigenvalue weighted by Crippen LogP contribution is 2.21. The zero-order valence-electron chi connectivity index (χ0n) is 11.9. The summed E-state index contributed by atoms with van der Waals surface area (Å²) in [5, 5.41) is 2.57. The molecule has 2 aromatic carbocycles. The first-order valence-corrected chi connectivity index (χ1v) is 7.52. The standard InChI is InChI=1S/C17H15ClN2O2/c18-13-6-4-5-12(9-13)11-19-15-10-16(21)20(17(15)22)14-7-2-1-3-8-14/h1-9,15,19H,10-11H2/p+1/t15-/m1/s1. The molecule has 1 atom stereocenters. The summed E-state index contributed by atoms with van der Waals surface area (Å²) in [5.74, 6) is -0.304. The molecule has 2 N–H and O–H groups in total. The van der Waals surface area contributed by atoms with E-state index in [-0.39, 0.29) is 24.3 Å².